The normalized spacial score (nSPS) is 11.4. The summed E-state index contributed by atoms with van der Waals surface area (Å²) >= 11 is 0. The lowest BCUT2D eigenvalue weighted by atomic mass is 9.86. The summed E-state index contributed by atoms with van der Waals surface area (Å²) < 4.78 is 48.7. The molecule has 0 radical (unpaired) electrons. The number of pyridine rings is 1. The average molecular weight is 714 g/mol. The Labute approximate surface area is 296 Å². The Morgan fingerprint density at radius 1 is 0.765 bits per heavy atom. The monoisotopic (exact) mass is 713 g/mol. The number of fused-ring (bicyclic) bond motifs is 1. The van der Waals surface area contributed by atoms with Crippen molar-refractivity contribution in [2.45, 2.75) is 26.2 Å². The molecule has 0 bridgehead atoms. The van der Waals surface area contributed by atoms with Gasteiger partial charge in [-0.3, -0.25) is 4.72 Å². The first-order valence-electron chi connectivity index (χ1n) is 15.7. The summed E-state index contributed by atoms with van der Waals surface area (Å²) in [5.74, 6) is 1.53. The zero-order chi connectivity index (χ0) is 36.9. The standard InChI is InChI=1S/C37H39N5O8S/c1-37(2,3)22-18-29(34(48-5)30(19-22)42-51(7,45)46)41-36(44)40-28-14-15-31(26-11-9-8-10-25(26)28)50-24-16-17-38-33(21-24)39-23-12-13-27(35(43)49-6)32(20-23)47-4/h8-21,42H,1-7H3,(H,38,39)(H2,40,41,44). The van der Waals surface area contributed by atoms with Crippen LogP contribution in [0.1, 0.15) is 36.7 Å². The predicted octanol–water partition coefficient (Wildman–Crippen LogP) is 7.89. The number of hydrogen-bond donors (Lipinski definition) is 4. The molecule has 2 amide bonds. The van der Waals surface area contributed by atoms with Crippen molar-refractivity contribution in [3.63, 3.8) is 0 Å². The zero-order valence-electron chi connectivity index (χ0n) is 29.2. The molecule has 0 spiro atoms. The Kier molecular flexibility index (Phi) is 10.6. The highest BCUT2D eigenvalue weighted by Gasteiger charge is 2.23. The third-order valence-electron chi connectivity index (χ3n) is 7.67. The molecule has 4 aromatic carbocycles. The first-order valence-corrected chi connectivity index (χ1v) is 17.6. The molecule has 0 unspecified atom stereocenters. The van der Waals surface area contributed by atoms with Gasteiger partial charge in [0.1, 0.15) is 28.6 Å². The Bertz CT molecular complexity index is 2220. The maximum Gasteiger partial charge on any atom is 0.341 e. The van der Waals surface area contributed by atoms with Crippen molar-refractivity contribution < 1.29 is 37.0 Å². The van der Waals surface area contributed by atoms with Crippen molar-refractivity contribution in [1.29, 1.82) is 0 Å². The van der Waals surface area contributed by atoms with Crippen LogP contribution in [0.25, 0.3) is 10.8 Å². The predicted molar refractivity (Wildman–Crippen MR) is 199 cm³/mol. The highest BCUT2D eigenvalue weighted by Crippen LogP contribution is 2.40. The zero-order valence-corrected chi connectivity index (χ0v) is 30.0. The number of methoxy groups -OCH3 is 3. The van der Waals surface area contributed by atoms with Gasteiger partial charge in [-0.2, -0.15) is 0 Å². The summed E-state index contributed by atoms with van der Waals surface area (Å²) in [4.78, 5) is 29.8. The first kappa shape index (κ1) is 36.3. The van der Waals surface area contributed by atoms with Crippen LogP contribution in [-0.4, -0.2) is 53.0 Å². The number of carbonyl (C=O) groups is 2. The van der Waals surface area contributed by atoms with Crippen LogP contribution in [0.3, 0.4) is 0 Å². The molecular weight excluding hydrogens is 675 g/mol. The molecule has 0 saturated carbocycles. The molecule has 266 valence electrons. The molecule has 0 aliphatic heterocycles. The number of aromatic nitrogens is 1. The number of nitrogens with one attached hydrogen (secondary N) is 4. The number of carbonyl (C=O) groups excluding carboxylic acids is 2. The summed E-state index contributed by atoms with van der Waals surface area (Å²) in [5.41, 5.74) is 2.35. The SMILES string of the molecule is COC(=O)c1ccc(Nc2cc(Oc3ccc(NC(=O)Nc4cc(C(C)(C)C)cc(NS(C)(=O)=O)c4OC)c4ccccc34)ccn2)cc1OC. The lowest BCUT2D eigenvalue weighted by Gasteiger charge is -2.24. The number of esters is 1. The summed E-state index contributed by atoms with van der Waals surface area (Å²) in [7, 11) is 0.535. The molecule has 0 fully saturated rings. The van der Waals surface area contributed by atoms with Gasteiger partial charge in [-0.1, -0.05) is 45.0 Å². The molecule has 14 heteroatoms. The number of urea groups is 1. The van der Waals surface area contributed by atoms with Crippen molar-refractivity contribution in [2.24, 2.45) is 0 Å². The summed E-state index contributed by atoms with van der Waals surface area (Å²) in [6.07, 6.45) is 2.64. The summed E-state index contributed by atoms with van der Waals surface area (Å²) in [6, 6.07) is 22.2. The minimum atomic E-state index is -3.64. The van der Waals surface area contributed by atoms with Gasteiger partial charge in [-0.25, -0.2) is 23.0 Å². The smallest absolute Gasteiger partial charge is 0.341 e. The number of rotatable bonds is 11. The van der Waals surface area contributed by atoms with E-state index in [4.69, 9.17) is 18.9 Å². The molecular formula is C37H39N5O8S. The van der Waals surface area contributed by atoms with Crippen LogP contribution in [0.4, 0.5) is 33.4 Å². The van der Waals surface area contributed by atoms with E-state index in [2.05, 4.69) is 25.7 Å². The Morgan fingerprint density at radius 3 is 2.14 bits per heavy atom. The van der Waals surface area contributed by atoms with Gasteiger partial charge in [0, 0.05) is 34.8 Å². The van der Waals surface area contributed by atoms with Crippen molar-refractivity contribution in [3.05, 3.63) is 96.2 Å². The van der Waals surface area contributed by atoms with Crippen LogP contribution in [0.5, 0.6) is 23.0 Å². The molecule has 0 saturated heterocycles. The number of amides is 2. The van der Waals surface area contributed by atoms with Crippen molar-refractivity contribution in [3.8, 4) is 23.0 Å². The second-order valence-electron chi connectivity index (χ2n) is 12.5. The van der Waals surface area contributed by atoms with Gasteiger partial charge < -0.3 is 34.9 Å². The minimum Gasteiger partial charge on any atom is -0.496 e. The number of sulfonamides is 1. The molecule has 5 aromatic rings. The Morgan fingerprint density at radius 2 is 1.47 bits per heavy atom. The third kappa shape index (κ3) is 8.78. The van der Waals surface area contributed by atoms with Gasteiger partial charge in [0.25, 0.3) is 0 Å². The molecule has 0 atom stereocenters. The van der Waals surface area contributed by atoms with E-state index >= 15 is 0 Å². The van der Waals surface area contributed by atoms with Gasteiger partial charge in [0.15, 0.2) is 5.75 Å². The van der Waals surface area contributed by atoms with Crippen molar-refractivity contribution in [2.75, 3.05) is 48.3 Å². The second kappa shape index (κ2) is 14.8. The molecule has 4 N–H and O–H groups in total. The fourth-order valence-corrected chi connectivity index (χ4v) is 5.81. The summed E-state index contributed by atoms with van der Waals surface area (Å²) in [5, 5.41) is 10.4. The van der Waals surface area contributed by atoms with Crippen molar-refractivity contribution >= 4 is 61.4 Å². The van der Waals surface area contributed by atoms with Crippen molar-refractivity contribution in [1.82, 2.24) is 4.98 Å². The van der Waals surface area contributed by atoms with E-state index in [0.717, 1.165) is 17.2 Å². The topological polar surface area (TPSA) is 166 Å². The molecule has 1 aromatic heterocycles. The highest BCUT2D eigenvalue weighted by molar-refractivity contribution is 7.92. The van der Waals surface area contributed by atoms with Gasteiger partial charge in [0.2, 0.25) is 10.0 Å². The molecule has 0 aliphatic rings. The molecule has 13 nitrogen and oxygen atoms in total. The van der Waals surface area contributed by atoms with Gasteiger partial charge in [-0.05, 0) is 53.4 Å². The maximum atomic E-state index is 13.4. The van der Waals surface area contributed by atoms with E-state index in [9.17, 15) is 18.0 Å². The van der Waals surface area contributed by atoms with E-state index in [1.165, 1.54) is 21.3 Å². The van der Waals surface area contributed by atoms with Crippen LogP contribution in [0.2, 0.25) is 0 Å². The number of ether oxygens (including phenoxy) is 4. The average Bonchev–Trinajstić information content (AvgIpc) is 3.08. The fraction of sp³-hybridized carbons (Fsp3) is 0.216. The largest absolute Gasteiger partial charge is 0.496 e. The quantitative estimate of drug-likeness (QED) is 0.0989. The van der Waals surface area contributed by atoms with Crippen LogP contribution >= 0.6 is 0 Å². The minimum absolute atomic E-state index is 0.167. The first-order chi connectivity index (χ1) is 24.2. The second-order valence-corrected chi connectivity index (χ2v) is 14.2. The van der Waals surface area contributed by atoms with E-state index < -0.39 is 22.0 Å². The highest BCUT2D eigenvalue weighted by atomic mass is 32.2. The van der Waals surface area contributed by atoms with Crippen LogP contribution in [0, 0.1) is 0 Å². The molecule has 51 heavy (non-hydrogen) atoms. The lowest BCUT2D eigenvalue weighted by molar-refractivity contribution is 0.0597. The molecule has 0 aliphatic carbocycles. The Hall–Kier alpha value is -6.02. The van der Waals surface area contributed by atoms with E-state index in [1.54, 1.807) is 60.8 Å². The fourth-order valence-electron chi connectivity index (χ4n) is 5.26. The van der Waals surface area contributed by atoms with Crippen LogP contribution < -0.4 is 34.9 Å². The number of benzene rings is 4. The number of nitrogens with zero attached hydrogens (tertiary/aromatic N) is 1. The Balaban J connectivity index is 1.38. The van der Waals surface area contributed by atoms with E-state index in [1.807, 2.05) is 45.0 Å². The number of anilines is 5. The third-order valence-corrected chi connectivity index (χ3v) is 8.26. The molecule has 1 heterocycles. The van der Waals surface area contributed by atoms with E-state index in [-0.39, 0.29) is 22.5 Å². The molecule has 5 rings (SSSR count). The summed E-state index contributed by atoms with van der Waals surface area (Å²) in [6.45, 7) is 5.93. The van der Waals surface area contributed by atoms with Crippen LogP contribution in [-0.2, 0) is 20.2 Å². The van der Waals surface area contributed by atoms with Gasteiger partial charge >= 0.3 is 12.0 Å². The lowest BCUT2D eigenvalue weighted by Crippen LogP contribution is -2.22. The maximum absolute atomic E-state index is 13.4. The van der Waals surface area contributed by atoms with Gasteiger partial charge in [0.05, 0.1) is 44.6 Å². The van der Waals surface area contributed by atoms with Gasteiger partial charge in [-0.15, -0.1) is 0 Å². The van der Waals surface area contributed by atoms with E-state index in [0.29, 0.717) is 45.4 Å². The van der Waals surface area contributed by atoms with Crippen LogP contribution in [0.15, 0.2) is 85.1 Å². The number of hydrogen-bond acceptors (Lipinski definition) is 10.